The fourth-order valence-corrected chi connectivity index (χ4v) is 2.74. The largest absolute Gasteiger partial charge is 0.389 e. The van der Waals surface area contributed by atoms with E-state index in [9.17, 15) is 5.11 Å². The van der Waals surface area contributed by atoms with E-state index in [1.165, 1.54) is 18.4 Å². The molecule has 2 atom stereocenters. The number of hydrogen-bond donors (Lipinski definition) is 2. The van der Waals surface area contributed by atoms with Crippen LogP contribution in [0.4, 0.5) is 0 Å². The maximum absolute atomic E-state index is 9.94. The molecule has 3 nitrogen and oxygen atoms in total. The Balaban J connectivity index is 1.58. The summed E-state index contributed by atoms with van der Waals surface area (Å²) in [6.07, 6.45) is 5.81. The minimum absolute atomic E-state index is 0.360. The van der Waals surface area contributed by atoms with Gasteiger partial charge in [0.25, 0.3) is 0 Å². The van der Waals surface area contributed by atoms with Crippen LogP contribution < -0.4 is 5.32 Å². The van der Waals surface area contributed by atoms with E-state index in [-0.39, 0.29) is 0 Å². The normalized spacial score (nSPS) is 19.1. The number of rotatable bonds is 8. The maximum atomic E-state index is 9.94. The average Bonchev–Trinajstić information content (AvgIpc) is 2.97. The van der Waals surface area contributed by atoms with Gasteiger partial charge in [-0.25, -0.2) is 0 Å². The van der Waals surface area contributed by atoms with Gasteiger partial charge in [0.05, 0.1) is 18.8 Å². The molecule has 3 heteroatoms. The van der Waals surface area contributed by atoms with E-state index >= 15 is 0 Å². The quantitative estimate of drug-likeness (QED) is 0.767. The van der Waals surface area contributed by atoms with Crippen molar-refractivity contribution >= 4 is 0 Å². The first-order valence-corrected chi connectivity index (χ1v) is 7.81. The average molecular weight is 277 g/mol. The minimum atomic E-state index is -0.408. The van der Waals surface area contributed by atoms with Crippen LogP contribution in [0.5, 0.6) is 0 Å². The monoisotopic (exact) mass is 277 g/mol. The summed E-state index contributed by atoms with van der Waals surface area (Å²) in [7, 11) is 0. The van der Waals surface area contributed by atoms with Gasteiger partial charge in [0, 0.05) is 12.6 Å². The standard InChI is InChI=1S/C17H27NO2/c1-14(11-15-7-3-2-4-8-15)18-12-16(19)13-20-17-9-5-6-10-17/h2-4,7-8,14,16-19H,5-6,9-13H2,1H3. The van der Waals surface area contributed by atoms with E-state index in [1.807, 2.05) is 6.07 Å². The molecule has 20 heavy (non-hydrogen) atoms. The Hall–Kier alpha value is -0.900. The Labute approximate surface area is 122 Å². The summed E-state index contributed by atoms with van der Waals surface area (Å²) in [4.78, 5) is 0. The van der Waals surface area contributed by atoms with Crippen LogP contribution in [-0.4, -0.2) is 36.5 Å². The number of benzene rings is 1. The molecule has 1 aliphatic rings. The highest BCUT2D eigenvalue weighted by Gasteiger charge is 2.17. The first-order valence-electron chi connectivity index (χ1n) is 7.81. The molecular formula is C17H27NO2. The molecule has 0 radical (unpaired) electrons. The fraction of sp³-hybridized carbons (Fsp3) is 0.647. The molecule has 112 valence electrons. The van der Waals surface area contributed by atoms with Crippen LogP contribution in [0, 0.1) is 0 Å². The summed E-state index contributed by atoms with van der Waals surface area (Å²) in [6, 6.07) is 10.8. The molecule has 0 bridgehead atoms. The molecule has 1 fully saturated rings. The van der Waals surface area contributed by atoms with E-state index in [4.69, 9.17) is 4.74 Å². The van der Waals surface area contributed by atoms with Crippen LogP contribution in [0.25, 0.3) is 0 Å². The van der Waals surface area contributed by atoms with Crippen molar-refractivity contribution in [2.24, 2.45) is 0 Å². The lowest BCUT2D eigenvalue weighted by Gasteiger charge is -2.19. The lowest BCUT2D eigenvalue weighted by molar-refractivity contribution is -0.00607. The summed E-state index contributed by atoms with van der Waals surface area (Å²) < 4.78 is 5.73. The summed E-state index contributed by atoms with van der Waals surface area (Å²) in [5.41, 5.74) is 1.32. The van der Waals surface area contributed by atoms with Gasteiger partial charge in [-0.15, -0.1) is 0 Å². The van der Waals surface area contributed by atoms with Crippen molar-refractivity contribution in [1.29, 1.82) is 0 Å². The van der Waals surface area contributed by atoms with E-state index < -0.39 is 6.10 Å². The van der Waals surface area contributed by atoms with Gasteiger partial charge in [-0.1, -0.05) is 43.2 Å². The molecule has 1 aromatic carbocycles. The second kappa shape index (κ2) is 8.40. The molecule has 0 saturated heterocycles. The fourth-order valence-electron chi connectivity index (χ4n) is 2.74. The lowest BCUT2D eigenvalue weighted by Crippen LogP contribution is -2.37. The molecule has 1 aliphatic carbocycles. The second-order valence-electron chi connectivity index (χ2n) is 5.89. The van der Waals surface area contributed by atoms with Gasteiger partial charge >= 0.3 is 0 Å². The summed E-state index contributed by atoms with van der Waals surface area (Å²) >= 11 is 0. The Bertz CT molecular complexity index is 363. The Morgan fingerprint density at radius 3 is 2.65 bits per heavy atom. The number of aliphatic hydroxyl groups excluding tert-OH is 1. The third-order valence-corrected chi connectivity index (χ3v) is 3.91. The van der Waals surface area contributed by atoms with Crippen molar-refractivity contribution in [1.82, 2.24) is 5.32 Å². The van der Waals surface area contributed by atoms with Gasteiger partial charge in [0.15, 0.2) is 0 Å². The van der Waals surface area contributed by atoms with E-state index in [1.54, 1.807) is 0 Å². The van der Waals surface area contributed by atoms with Crippen molar-refractivity contribution in [3.63, 3.8) is 0 Å². The van der Waals surface area contributed by atoms with Crippen LogP contribution in [0.15, 0.2) is 30.3 Å². The van der Waals surface area contributed by atoms with E-state index in [2.05, 4.69) is 36.5 Å². The van der Waals surface area contributed by atoms with Gasteiger partial charge in [-0.05, 0) is 31.7 Å². The van der Waals surface area contributed by atoms with Crippen LogP contribution in [0.2, 0.25) is 0 Å². The van der Waals surface area contributed by atoms with Gasteiger partial charge in [-0.2, -0.15) is 0 Å². The molecule has 0 aromatic heterocycles. The molecule has 0 heterocycles. The second-order valence-corrected chi connectivity index (χ2v) is 5.89. The van der Waals surface area contributed by atoms with Crippen molar-refractivity contribution in [3.8, 4) is 0 Å². The number of aliphatic hydroxyl groups is 1. The zero-order chi connectivity index (χ0) is 14.2. The van der Waals surface area contributed by atoms with Gasteiger partial charge in [0.2, 0.25) is 0 Å². The molecule has 1 aromatic rings. The predicted molar refractivity (Wildman–Crippen MR) is 81.8 cm³/mol. The molecule has 2 N–H and O–H groups in total. The Kier molecular flexibility index (Phi) is 6.51. The highest BCUT2D eigenvalue weighted by atomic mass is 16.5. The van der Waals surface area contributed by atoms with Crippen LogP contribution in [-0.2, 0) is 11.2 Å². The first-order chi connectivity index (χ1) is 9.74. The smallest absolute Gasteiger partial charge is 0.0897 e. The van der Waals surface area contributed by atoms with E-state index in [0.717, 1.165) is 19.3 Å². The van der Waals surface area contributed by atoms with Crippen LogP contribution in [0.1, 0.15) is 38.2 Å². The topological polar surface area (TPSA) is 41.5 Å². The van der Waals surface area contributed by atoms with Crippen molar-refractivity contribution in [2.75, 3.05) is 13.2 Å². The third kappa shape index (κ3) is 5.61. The van der Waals surface area contributed by atoms with Crippen LogP contribution >= 0.6 is 0 Å². The Morgan fingerprint density at radius 1 is 1.25 bits per heavy atom. The molecule has 2 unspecified atom stereocenters. The van der Waals surface area contributed by atoms with Gasteiger partial charge in [-0.3, -0.25) is 0 Å². The molecule has 0 aliphatic heterocycles. The third-order valence-electron chi connectivity index (χ3n) is 3.91. The highest BCUT2D eigenvalue weighted by Crippen LogP contribution is 2.20. The van der Waals surface area contributed by atoms with Crippen molar-refractivity contribution in [2.45, 2.75) is 57.3 Å². The number of ether oxygens (including phenoxy) is 1. The molecule has 0 spiro atoms. The molecule has 1 saturated carbocycles. The zero-order valence-electron chi connectivity index (χ0n) is 12.4. The van der Waals surface area contributed by atoms with Crippen LogP contribution in [0.3, 0.4) is 0 Å². The van der Waals surface area contributed by atoms with Gasteiger partial charge in [0.1, 0.15) is 0 Å². The first kappa shape index (κ1) is 15.5. The summed E-state index contributed by atoms with van der Waals surface area (Å²) in [5, 5.41) is 13.3. The number of nitrogens with one attached hydrogen (secondary N) is 1. The van der Waals surface area contributed by atoms with Gasteiger partial charge < -0.3 is 15.2 Å². The van der Waals surface area contributed by atoms with Crippen molar-refractivity contribution in [3.05, 3.63) is 35.9 Å². The Morgan fingerprint density at radius 2 is 1.95 bits per heavy atom. The molecular weight excluding hydrogens is 250 g/mol. The summed E-state index contributed by atoms with van der Waals surface area (Å²) in [6.45, 7) is 3.20. The van der Waals surface area contributed by atoms with Crippen molar-refractivity contribution < 1.29 is 9.84 Å². The lowest BCUT2D eigenvalue weighted by atomic mass is 10.1. The SMILES string of the molecule is CC(Cc1ccccc1)NCC(O)COC1CCCC1. The zero-order valence-corrected chi connectivity index (χ0v) is 12.4. The van der Waals surface area contributed by atoms with E-state index in [0.29, 0.717) is 25.3 Å². The number of hydrogen-bond acceptors (Lipinski definition) is 3. The molecule has 0 amide bonds. The summed E-state index contributed by atoms with van der Waals surface area (Å²) in [5.74, 6) is 0. The highest BCUT2D eigenvalue weighted by molar-refractivity contribution is 5.15. The molecule has 2 rings (SSSR count). The predicted octanol–water partition coefficient (Wildman–Crippen LogP) is 2.53. The minimum Gasteiger partial charge on any atom is -0.389 e. The maximum Gasteiger partial charge on any atom is 0.0897 e.